The second-order valence-corrected chi connectivity index (χ2v) is 4.52. The van der Waals surface area contributed by atoms with Crippen molar-refractivity contribution in [2.45, 2.75) is 13.8 Å². The lowest BCUT2D eigenvalue weighted by molar-refractivity contribution is 0.768. The number of aromatic nitrogens is 6. The minimum atomic E-state index is 0.362. The van der Waals surface area contributed by atoms with Gasteiger partial charge in [-0.05, 0) is 13.8 Å². The first-order valence-electron chi connectivity index (χ1n) is 5.45. The number of fused-ring (bicyclic) bond motifs is 1. The van der Waals surface area contributed by atoms with Crippen LogP contribution in [-0.2, 0) is 7.05 Å². The summed E-state index contributed by atoms with van der Waals surface area (Å²) in [6, 6.07) is 0. The normalized spacial score (nSPS) is 11.3. The van der Waals surface area contributed by atoms with Crippen LogP contribution in [0.1, 0.15) is 11.4 Å². The summed E-state index contributed by atoms with van der Waals surface area (Å²) in [6.45, 7) is 3.88. The van der Waals surface area contributed by atoms with Crippen LogP contribution in [0.2, 0.25) is 5.15 Å². The Morgan fingerprint density at radius 1 is 1.22 bits per heavy atom. The van der Waals surface area contributed by atoms with E-state index in [2.05, 4.69) is 20.3 Å². The van der Waals surface area contributed by atoms with E-state index in [0.29, 0.717) is 10.8 Å². The molecule has 0 aliphatic rings. The number of aryl methyl sites for hydroxylation is 3. The van der Waals surface area contributed by atoms with Gasteiger partial charge in [0.25, 0.3) is 0 Å². The first-order valence-corrected chi connectivity index (χ1v) is 5.82. The van der Waals surface area contributed by atoms with Crippen molar-refractivity contribution in [1.82, 2.24) is 29.4 Å². The number of rotatable bonds is 1. The van der Waals surface area contributed by atoms with Gasteiger partial charge in [0.15, 0.2) is 16.6 Å². The maximum Gasteiger partial charge on any atom is 0.199 e. The van der Waals surface area contributed by atoms with Crippen LogP contribution in [-0.4, -0.2) is 29.4 Å². The van der Waals surface area contributed by atoms with Gasteiger partial charge in [-0.1, -0.05) is 11.6 Å². The quantitative estimate of drug-likeness (QED) is 0.671. The van der Waals surface area contributed by atoms with Gasteiger partial charge in [0.05, 0.1) is 17.5 Å². The average molecular weight is 263 g/mol. The van der Waals surface area contributed by atoms with Crippen molar-refractivity contribution in [2.75, 3.05) is 0 Å². The van der Waals surface area contributed by atoms with Gasteiger partial charge >= 0.3 is 0 Å². The van der Waals surface area contributed by atoms with E-state index in [1.165, 1.54) is 0 Å². The lowest BCUT2D eigenvalue weighted by atomic mass is 10.3. The fourth-order valence-corrected chi connectivity index (χ4v) is 2.15. The molecule has 3 aromatic rings. The molecular formula is C11H11ClN6. The molecule has 92 valence electrons. The molecule has 0 aliphatic heterocycles. The minimum absolute atomic E-state index is 0.362. The highest BCUT2D eigenvalue weighted by Gasteiger charge is 2.16. The lowest BCUT2D eigenvalue weighted by Crippen LogP contribution is -2.00. The Labute approximate surface area is 108 Å². The Balaban J connectivity index is 2.38. The Morgan fingerprint density at radius 3 is 2.67 bits per heavy atom. The van der Waals surface area contributed by atoms with Gasteiger partial charge in [-0.3, -0.25) is 9.08 Å². The molecule has 0 unspecified atom stereocenters. The first kappa shape index (κ1) is 11.2. The smallest absolute Gasteiger partial charge is 0.199 e. The van der Waals surface area contributed by atoms with Gasteiger partial charge in [-0.2, -0.15) is 5.10 Å². The minimum Gasteiger partial charge on any atom is -0.275 e. The summed E-state index contributed by atoms with van der Waals surface area (Å²) in [5.74, 6) is 0.725. The van der Waals surface area contributed by atoms with E-state index in [0.717, 1.165) is 22.8 Å². The van der Waals surface area contributed by atoms with Crippen LogP contribution in [0.4, 0.5) is 0 Å². The summed E-state index contributed by atoms with van der Waals surface area (Å²) in [5.41, 5.74) is 3.30. The van der Waals surface area contributed by atoms with E-state index in [1.807, 2.05) is 31.5 Å². The lowest BCUT2D eigenvalue weighted by Gasteiger charge is -2.05. The van der Waals surface area contributed by atoms with E-state index in [9.17, 15) is 0 Å². The molecule has 0 aromatic carbocycles. The van der Waals surface area contributed by atoms with Crippen molar-refractivity contribution in [2.24, 2.45) is 7.05 Å². The molecule has 0 saturated heterocycles. The molecule has 6 nitrogen and oxygen atoms in total. The van der Waals surface area contributed by atoms with Crippen molar-refractivity contribution < 1.29 is 0 Å². The van der Waals surface area contributed by atoms with Crippen LogP contribution >= 0.6 is 11.6 Å². The standard InChI is InChI=1S/C11H11ClN6/c1-6-7(2)18-10(8-4-13-17(3)5-8)15-16-11(18)9(12)14-6/h4-5H,1-3H3. The zero-order chi connectivity index (χ0) is 12.9. The molecule has 0 radical (unpaired) electrons. The second kappa shape index (κ2) is 3.78. The Bertz CT molecular complexity index is 741. The summed E-state index contributed by atoms with van der Waals surface area (Å²) in [7, 11) is 1.86. The molecule has 0 saturated carbocycles. The Hall–Kier alpha value is -1.95. The second-order valence-electron chi connectivity index (χ2n) is 4.16. The molecular weight excluding hydrogens is 252 g/mol. The number of hydrogen-bond acceptors (Lipinski definition) is 4. The highest BCUT2D eigenvalue weighted by atomic mass is 35.5. The van der Waals surface area contributed by atoms with E-state index in [1.54, 1.807) is 10.9 Å². The number of nitrogens with zero attached hydrogens (tertiary/aromatic N) is 6. The third-order valence-corrected chi connectivity index (χ3v) is 3.19. The zero-order valence-corrected chi connectivity index (χ0v) is 11.0. The van der Waals surface area contributed by atoms with Crippen molar-refractivity contribution in [3.63, 3.8) is 0 Å². The first-order chi connectivity index (χ1) is 8.58. The van der Waals surface area contributed by atoms with Crippen molar-refractivity contribution in [3.05, 3.63) is 28.9 Å². The van der Waals surface area contributed by atoms with Crippen molar-refractivity contribution >= 4 is 17.2 Å². The molecule has 0 spiro atoms. The molecule has 18 heavy (non-hydrogen) atoms. The summed E-state index contributed by atoms with van der Waals surface area (Å²) >= 11 is 6.09. The van der Waals surface area contributed by atoms with E-state index in [-0.39, 0.29) is 0 Å². The van der Waals surface area contributed by atoms with Gasteiger partial charge in [-0.25, -0.2) is 4.98 Å². The summed E-state index contributed by atoms with van der Waals surface area (Å²) in [5, 5.41) is 12.8. The van der Waals surface area contributed by atoms with Crippen LogP contribution in [0.3, 0.4) is 0 Å². The molecule has 0 aliphatic carbocycles. The molecule has 0 bridgehead atoms. The van der Waals surface area contributed by atoms with Crippen LogP contribution in [0.25, 0.3) is 17.0 Å². The van der Waals surface area contributed by atoms with Crippen molar-refractivity contribution in [3.8, 4) is 11.4 Å². The van der Waals surface area contributed by atoms with Gasteiger partial charge in [0, 0.05) is 18.9 Å². The summed E-state index contributed by atoms with van der Waals surface area (Å²) < 4.78 is 3.63. The van der Waals surface area contributed by atoms with Gasteiger partial charge in [0.1, 0.15) is 0 Å². The van der Waals surface area contributed by atoms with Gasteiger partial charge < -0.3 is 0 Å². The fraction of sp³-hybridized carbons (Fsp3) is 0.273. The van der Waals surface area contributed by atoms with Crippen LogP contribution in [0, 0.1) is 13.8 Å². The van der Waals surface area contributed by atoms with E-state index >= 15 is 0 Å². The Kier molecular flexibility index (Phi) is 2.34. The largest absolute Gasteiger partial charge is 0.275 e. The number of halogens is 1. The monoisotopic (exact) mass is 262 g/mol. The highest BCUT2D eigenvalue weighted by Crippen LogP contribution is 2.23. The maximum atomic E-state index is 6.09. The zero-order valence-electron chi connectivity index (χ0n) is 10.2. The highest BCUT2D eigenvalue weighted by molar-refractivity contribution is 6.32. The van der Waals surface area contributed by atoms with E-state index in [4.69, 9.17) is 11.6 Å². The third-order valence-electron chi connectivity index (χ3n) is 2.94. The fourth-order valence-electron chi connectivity index (χ4n) is 1.90. The molecule has 0 N–H and O–H groups in total. The number of hydrogen-bond donors (Lipinski definition) is 0. The van der Waals surface area contributed by atoms with Gasteiger partial charge in [0.2, 0.25) is 0 Å². The summed E-state index contributed by atoms with van der Waals surface area (Å²) in [6.07, 6.45) is 3.64. The van der Waals surface area contributed by atoms with Crippen LogP contribution < -0.4 is 0 Å². The van der Waals surface area contributed by atoms with Crippen LogP contribution in [0.15, 0.2) is 12.4 Å². The summed E-state index contributed by atoms with van der Waals surface area (Å²) in [4.78, 5) is 4.23. The molecule has 0 amide bonds. The molecule has 7 heteroatoms. The van der Waals surface area contributed by atoms with Crippen molar-refractivity contribution in [1.29, 1.82) is 0 Å². The molecule has 0 atom stereocenters. The SMILES string of the molecule is Cc1nc(Cl)c2nnc(-c3cnn(C)c3)n2c1C. The molecule has 3 heterocycles. The third kappa shape index (κ3) is 1.49. The average Bonchev–Trinajstić information content (AvgIpc) is 2.91. The van der Waals surface area contributed by atoms with Crippen LogP contribution in [0.5, 0.6) is 0 Å². The maximum absolute atomic E-state index is 6.09. The predicted octanol–water partition coefficient (Wildman–Crippen LogP) is 1.80. The van der Waals surface area contributed by atoms with E-state index < -0.39 is 0 Å². The molecule has 3 aromatic heterocycles. The topological polar surface area (TPSA) is 60.9 Å². The van der Waals surface area contributed by atoms with Gasteiger partial charge in [-0.15, -0.1) is 10.2 Å². The molecule has 0 fully saturated rings. The molecule has 3 rings (SSSR count). The predicted molar refractivity (Wildman–Crippen MR) is 67.5 cm³/mol. The Morgan fingerprint density at radius 2 is 2.00 bits per heavy atom.